The summed E-state index contributed by atoms with van der Waals surface area (Å²) in [4.78, 5) is 23.5. The van der Waals surface area contributed by atoms with Gasteiger partial charge in [0.2, 0.25) is 0 Å². The van der Waals surface area contributed by atoms with Crippen molar-refractivity contribution in [3.05, 3.63) is 30.1 Å². The first-order chi connectivity index (χ1) is 9.40. The van der Waals surface area contributed by atoms with Gasteiger partial charge in [-0.05, 0) is 32.9 Å². The van der Waals surface area contributed by atoms with Crippen LogP contribution in [0.15, 0.2) is 29.2 Å². The highest BCUT2D eigenvalue weighted by Gasteiger charge is 2.18. The molecule has 1 aromatic carbocycles. The average molecular weight is 299 g/mol. The summed E-state index contributed by atoms with van der Waals surface area (Å²) >= 11 is 1.04. The standard InChI is InChI=1S/C14H18FNO3S/c1-9(2)16-14(18)10(3)19-13(17)8-20-12-7-5-4-6-11(12)15/h4-7,9-10H,8H2,1-3H3,(H,16,18)/t10-/m0/s1. The first kappa shape index (κ1) is 16.5. The van der Waals surface area contributed by atoms with Crippen molar-refractivity contribution in [1.82, 2.24) is 5.32 Å². The molecule has 0 saturated carbocycles. The fourth-order valence-electron chi connectivity index (χ4n) is 1.39. The molecule has 1 amide bonds. The van der Waals surface area contributed by atoms with Crippen molar-refractivity contribution in [2.45, 2.75) is 37.8 Å². The zero-order chi connectivity index (χ0) is 15.1. The molecule has 0 aliphatic rings. The molecule has 0 saturated heterocycles. The van der Waals surface area contributed by atoms with Gasteiger partial charge in [0.15, 0.2) is 6.10 Å². The zero-order valence-electron chi connectivity index (χ0n) is 11.7. The Labute approximate surface area is 122 Å². The average Bonchev–Trinajstić information content (AvgIpc) is 2.37. The number of amides is 1. The molecule has 0 aliphatic carbocycles. The minimum Gasteiger partial charge on any atom is -0.452 e. The predicted molar refractivity (Wildman–Crippen MR) is 76.0 cm³/mol. The summed E-state index contributed by atoms with van der Waals surface area (Å²) in [5.74, 6) is -1.31. The minimum absolute atomic E-state index is 0.0172. The van der Waals surface area contributed by atoms with Crippen LogP contribution in [0.1, 0.15) is 20.8 Å². The molecular formula is C14H18FNO3S. The van der Waals surface area contributed by atoms with Gasteiger partial charge in [-0.2, -0.15) is 0 Å². The number of carbonyl (C=O) groups excluding carboxylic acids is 2. The first-order valence-corrected chi connectivity index (χ1v) is 7.26. The quantitative estimate of drug-likeness (QED) is 0.647. The molecule has 1 aromatic rings. The van der Waals surface area contributed by atoms with Crippen molar-refractivity contribution in [3.63, 3.8) is 0 Å². The second-order valence-corrected chi connectivity index (χ2v) is 5.53. The highest BCUT2D eigenvalue weighted by molar-refractivity contribution is 8.00. The Hall–Kier alpha value is -1.56. The minimum atomic E-state index is -0.855. The lowest BCUT2D eigenvalue weighted by atomic mass is 10.3. The van der Waals surface area contributed by atoms with Crippen LogP contribution in [-0.2, 0) is 14.3 Å². The van der Waals surface area contributed by atoms with Gasteiger partial charge >= 0.3 is 5.97 Å². The van der Waals surface area contributed by atoms with Crippen LogP contribution in [0.5, 0.6) is 0 Å². The Kier molecular flexibility index (Phi) is 6.51. The topological polar surface area (TPSA) is 55.4 Å². The number of carbonyl (C=O) groups is 2. The third-order valence-electron chi connectivity index (χ3n) is 2.29. The van der Waals surface area contributed by atoms with E-state index >= 15 is 0 Å². The molecule has 0 bridgehead atoms. The van der Waals surface area contributed by atoms with Crippen molar-refractivity contribution >= 4 is 23.6 Å². The van der Waals surface area contributed by atoms with E-state index in [-0.39, 0.29) is 23.5 Å². The number of esters is 1. The number of thioether (sulfide) groups is 1. The molecule has 1 N–H and O–H groups in total. The molecule has 1 rings (SSSR count). The fraction of sp³-hybridized carbons (Fsp3) is 0.429. The van der Waals surface area contributed by atoms with E-state index in [1.165, 1.54) is 13.0 Å². The molecule has 20 heavy (non-hydrogen) atoms. The molecule has 1 atom stereocenters. The van der Waals surface area contributed by atoms with Crippen molar-refractivity contribution in [3.8, 4) is 0 Å². The number of ether oxygens (including phenoxy) is 1. The van der Waals surface area contributed by atoms with E-state index < -0.39 is 12.1 Å². The smallest absolute Gasteiger partial charge is 0.317 e. The first-order valence-electron chi connectivity index (χ1n) is 6.27. The molecule has 0 heterocycles. The lowest BCUT2D eigenvalue weighted by molar-refractivity contribution is -0.152. The van der Waals surface area contributed by atoms with Gasteiger partial charge in [-0.3, -0.25) is 9.59 Å². The van der Waals surface area contributed by atoms with E-state index in [0.29, 0.717) is 4.90 Å². The largest absolute Gasteiger partial charge is 0.452 e. The fourth-order valence-corrected chi connectivity index (χ4v) is 2.11. The Balaban J connectivity index is 2.40. The molecule has 0 spiro atoms. The summed E-state index contributed by atoms with van der Waals surface area (Å²) in [5, 5.41) is 2.65. The third kappa shape index (κ3) is 5.61. The maximum absolute atomic E-state index is 13.3. The van der Waals surface area contributed by atoms with E-state index in [9.17, 15) is 14.0 Å². The molecule has 0 aromatic heterocycles. The number of benzene rings is 1. The lowest BCUT2D eigenvalue weighted by Crippen LogP contribution is -2.39. The van der Waals surface area contributed by atoms with E-state index in [1.54, 1.807) is 18.2 Å². The number of hydrogen-bond acceptors (Lipinski definition) is 4. The van der Waals surface area contributed by atoms with Crippen LogP contribution >= 0.6 is 11.8 Å². The summed E-state index contributed by atoms with van der Waals surface area (Å²) < 4.78 is 18.3. The third-order valence-corrected chi connectivity index (χ3v) is 3.31. The van der Waals surface area contributed by atoms with Gasteiger partial charge in [-0.1, -0.05) is 12.1 Å². The van der Waals surface area contributed by atoms with Crippen molar-refractivity contribution in [2.75, 3.05) is 5.75 Å². The van der Waals surface area contributed by atoms with Gasteiger partial charge < -0.3 is 10.1 Å². The van der Waals surface area contributed by atoms with Crippen LogP contribution in [0.25, 0.3) is 0 Å². The molecule has 0 fully saturated rings. The van der Waals surface area contributed by atoms with E-state index in [0.717, 1.165) is 11.8 Å². The monoisotopic (exact) mass is 299 g/mol. The Morgan fingerprint density at radius 2 is 1.95 bits per heavy atom. The van der Waals surface area contributed by atoms with Gasteiger partial charge in [-0.15, -0.1) is 11.8 Å². The highest BCUT2D eigenvalue weighted by atomic mass is 32.2. The van der Waals surface area contributed by atoms with Gasteiger partial charge in [-0.25, -0.2) is 4.39 Å². The van der Waals surface area contributed by atoms with Crippen LogP contribution in [-0.4, -0.2) is 29.8 Å². The lowest BCUT2D eigenvalue weighted by Gasteiger charge is -2.15. The van der Waals surface area contributed by atoms with Gasteiger partial charge in [0, 0.05) is 10.9 Å². The second kappa shape index (κ2) is 7.89. The summed E-state index contributed by atoms with van der Waals surface area (Å²) in [5.41, 5.74) is 0. The number of hydrogen-bond donors (Lipinski definition) is 1. The van der Waals surface area contributed by atoms with Gasteiger partial charge in [0.05, 0.1) is 5.75 Å². The van der Waals surface area contributed by atoms with Crippen LogP contribution in [0.3, 0.4) is 0 Å². The van der Waals surface area contributed by atoms with Crippen LogP contribution in [0.4, 0.5) is 4.39 Å². The highest BCUT2D eigenvalue weighted by Crippen LogP contribution is 2.21. The zero-order valence-corrected chi connectivity index (χ0v) is 12.5. The van der Waals surface area contributed by atoms with Crippen molar-refractivity contribution in [2.24, 2.45) is 0 Å². The molecule has 110 valence electrons. The summed E-state index contributed by atoms with van der Waals surface area (Å²) in [6.07, 6.45) is -0.855. The van der Waals surface area contributed by atoms with Gasteiger partial charge in [0.25, 0.3) is 5.91 Å². The number of rotatable bonds is 6. The molecule has 6 heteroatoms. The van der Waals surface area contributed by atoms with Crippen LogP contribution in [0, 0.1) is 5.82 Å². The molecular weight excluding hydrogens is 281 g/mol. The Morgan fingerprint density at radius 3 is 2.55 bits per heavy atom. The van der Waals surface area contributed by atoms with Crippen molar-refractivity contribution < 1.29 is 18.7 Å². The van der Waals surface area contributed by atoms with E-state index in [4.69, 9.17) is 4.74 Å². The van der Waals surface area contributed by atoms with E-state index in [1.807, 2.05) is 13.8 Å². The van der Waals surface area contributed by atoms with Gasteiger partial charge in [0.1, 0.15) is 5.82 Å². The number of nitrogens with one attached hydrogen (secondary N) is 1. The van der Waals surface area contributed by atoms with Crippen LogP contribution in [0.2, 0.25) is 0 Å². The summed E-state index contributed by atoms with van der Waals surface area (Å²) in [7, 11) is 0. The molecule has 0 radical (unpaired) electrons. The Bertz CT molecular complexity index is 479. The van der Waals surface area contributed by atoms with E-state index in [2.05, 4.69) is 5.32 Å². The molecule has 0 aliphatic heterocycles. The second-order valence-electron chi connectivity index (χ2n) is 4.51. The Morgan fingerprint density at radius 1 is 1.30 bits per heavy atom. The number of halogens is 1. The molecule has 0 unspecified atom stereocenters. The molecule has 4 nitrogen and oxygen atoms in total. The van der Waals surface area contributed by atoms with Crippen LogP contribution < -0.4 is 5.32 Å². The van der Waals surface area contributed by atoms with Crippen molar-refractivity contribution in [1.29, 1.82) is 0 Å². The maximum atomic E-state index is 13.3. The summed E-state index contributed by atoms with van der Waals surface area (Å²) in [6.45, 7) is 5.14. The predicted octanol–water partition coefficient (Wildman–Crippen LogP) is 2.37. The summed E-state index contributed by atoms with van der Waals surface area (Å²) in [6, 6.07) is 6.16. The SMILES string of the molecule is CC(C)NC(=O)[C@H](C)OC(=O)CSc1ccccc1F. The normalized spacial score (nSPS) is 12.1. The maximum Gasteiger partial charge on any atom is 0.317 e.